The summed E-state index contributed by atoms with van der Waals surface area (Å²) in [6.07, 6.45) is 3.40. The molecule has 0 fully saturated rings. The maximum Gasteiger partial charge on any atom is 0.0373 e. The molecule has 1 aromatic rings. The van der Waals surface area contributed by atoms with Crippen LogP contribution in [0.25, 0.3) is 0 Å². The van der Waals surface area contributed by atoms with Crippen LogP contribution in [-0.4, -0.2) is 0 Å². The summed E-state index contributed by atoms with van der Waals surface area (Å²) < 4.78 is 1.17. The lowest BCUT2D eigenvalue weighted by Crippen LogP contribution is -1.87. The van der Waals surface area contributed by atoms with E-state index in [1.165, 1.54) is 16.5 Å². The van der Waals surface area contributed by atoms with Crippen molar-refractivity contribution >= 4 is 27.7 Å². The van der Waals surface area contributed by atoms with Gasteiger partial charge < -0.3 is 0 Å². The van der Waals surface area contributed by atoms with Gasteiger partial charge in [-0.15, -0.1) is 11.8 Å². The monoisotopic (exact) mass is 240 g/mol. The summed E-state index contributed by atoms with van der Waals surface area (Å²) in [5.74, 6) is 0. The molecule has 2 rings (SSSR count). The fourth-order valence-corrected chi connectivity index (χ4v) is 2.66. The molecule has 1 heterocycles. The van der Waals surface area contributed by atoms with Crippen LogP contribution in [0.5, 0.6) is 0 Å². The predicted molar refractivity (Wildman–Crippen MR) is 58.2 cm³/mol. The Morgan fingerprint density at radius 2 is 2.33 bits per heavy atom. The van der Waals surface area contributed by atoms with E-state index in [1.807, 2.05) is 11.8 Å². The third-order valence-corrected chi connectivity index (χ3v) is 3.55. The van der Waals surface area contributed by atoms with Gasteiger partial charge in [0.05, 0.1) is 0 Å². The number of halogens is 1. The Hall–Kier alpha value is -0.210. The van der Waals surface area contributed by atoms with Gasteiger partial charge in [0.25, 0.3) is 0 Å². The third-order valence-electron chi connectivity index (χ3n) is 1.91. The molecule has 0 aliphatic carbocycles. The van der Waals surface area contributed by atoms with E-state index in [2.05, 4.69) is 51.7 Å². The molecule has 2 heteroatoms. The van der Waals surface area contributed by atoms with Crippen LogP contribution in [0, 0.1) is 0 Å². The van der Waals surface area contributed by atoms with Gasteiger partial charge in [0.1, 0.15) is 0 Å². The summed E-state index contributed by atoms with van der Waals surface area (Å²) in [4.78, 5) is 0. The molecule has 0 aromatic heterocycles. The Labute approximate surface area is 85.2 Å². The predicted octanol–water partition coefficient (Wildman–Crippen LogP) is 4.14. The average molecular weight is 241 g/mol. The summed E-state index contributed by atoms with van der Waals surface area (Å²) in [6, 6.07) is 8.55. The molecule has 1 aromatic carbocycles. The molecule has 1 aliphatic heterocycles. The lowest BCUT2D eigenvalue weighted by Gasteiger charge is -2.08. The third kappa shape index (κ3) is 1.75. The Bertz CT molecular complexity index is 298. The van der Waals surface area contributed by atoms with E-state index in [0.717, 1.165) is 0 Å². The van der Waals surface area contributed by atoms with Crippen molar-refractivity contribution in [1.82, 2.24) is 0 Å². The highest BCUT2D eigenvalue weighted by Gasteiger charge is 2.12. The van der Waals surface area contributed by atoms with Crippen molar-refractivity contribution in [2.75, 3.05) is 0 Å². The lowest BCUT2D eigenvalue weighted by atomic mass is 10.1. The van der Waals surface area contributed by atoms with Crippen molar-refractivity contribution in [3.63, 3.8) is 0 Å². The van der Waals surface area contributed by atoms with E-state index in [-0.39, 0.29) is 0 Å². The van der Waals surface area contributed by atoms with Crippen LogP contribution in [0.1, 0.15) is 17.2 Å². The maximum absolute atomic E-state index is 3.48. The lowest BCUT2D eigenvalue weighted by molar-refractivity contribution is 0.989. The van der Waals surface area contributed by atoms with Crippen LogP contribution < -0.4 is 0 Å². The van der Waals surface area contributed by atoms with Crippen molar-refractivity contribution in [3.05, 3.63) is 45.8 Å². The highest BCUT2D eigenvalue weighted by atomic mass is 79.9. The van der Waals surface area contributed by atoms with Gasteiger partial charge in [-0.2, -0.15) is 0 Å². The van der Waals surface area contributed by atoms with E-state index in [1.54, 1.807) is 0 Å². The quantitative estimate of drug-likeness (QED) is 0.712. The summed E-state index contributed by atoms with van der Waals surface area (Å²) >= 11 is 5.38. The van der Waals surface area contributed by atoms with E-state index in [4.69, 9.17) is 0 Å². The summed E-state index contributed by atoms with van der Waals surface area (Å²) in [7, 11) is 0. The zero-order valence-corrected chi connectivity index (χ0v) is 8.94. The first-order valence-corrected chi connectivity index (χ1v) is 5.66. The van der Waals surface area contributed by atoms with Gasteiger partial charge in [0.15, 0.2) is 0 Å². The van der Waals surface area contributed by atoms with E-state index in [9.17, 15) is 0 Å². The number of rotatable bonds is 1. The van der Waals surface area contributed by atoms with Crippen LogP contribution in [0.2, 0.25) is 0 Å². The largest absolute Gasteiger partial charge is 0.126 e. The molecule has 0 saturated carbocycles. The molecule has 0 nitrogen and oxygen atoms in total. The number of benzene rings is 1. The average Bonchev–Trinajstić information content (AvgIpc) is 2.56. The molecular formula is C10H9BrS. The second kappa shape index (κ2) is 3.67. The summed E-state index contributed by atoms with van der Waals surface area (Å²) in [5.41, 5.74) is 1.42. The molecule has 62 valence electrons. The second-order valence-electron chi connectivity index (χ2n) is 2.79. The zero-order valence-electron chi connectivity index (χ0n) is 6.53. The van der Waals surface area contributed by atoms with Gasteiger partial charge >= 0.3 is 0 Å². The van der Waals surface area contributed by atoms with Crippen LogP contribution in [0.4, 0.5) is 0 Å². The van der Waals surface area contributed by atoms with E-state index >= 15 is 0 Å². The van der Waals surface area contributed by atoms with Crippen molar-refractivity contribution in [3.8, 4) is 0 Å². The Balaban J connectivity index is 2.22. The molecule has 0 saturated heterocycles. The number of allylic oxidation sites excluding steroid dienone is 1. The SMILES string of the molecule is Brc1cccc(C2CC=CS2)c1. The molecule has 0 N–H and O–H groups in total. The van der Waals surface area contributed by atoms with Crippen molar-refractivity contribution in [2.24, 2.45) is 0 Å². The fourth-order valence-electron chi connectivity index (χ4n) is 1.31. The Morgan fingerprint density at radius 1 is 1.42 bits per heavy atom. The van der Waals surface area contributed by atoms with Gasteiger partial charge in [-0.1, -0.05) is 34.1 Å². The minimum absolute atomic E-state index is 0.641. The first kappa shape index (κ1) is 8.39. The zero-order chi connectivity index (χ0) is 8.39. The highest BCUT2D eigenvalue weighted by Crippen LogP contribution is 2.38. The first-order chi connectivity index (χ1) is 5.86. The van der Waals surface area contributed by atoms with Crippen molar-refractivity contribution < 1.29 is 0 Å². The second-order valence-corrected chi connectivity index (χ2v) is 4.82. The van der Waals surface area contributed by atoms with Gasteiger partial charge in [-0.3, -0.25) is 0 Å². The van der Waals surface area contributed by atoms with Gasteiger partial charge in [-0.05, 0) is 29.5 Å². The van der Waals surface area contributed by atoms with Crippen LogP contribution >= 0.6 is 27.7 Å². The van der Waals surface area contributed by atoms with Gasteiger partial charge in [0, 0.05) is 9.72 Å². The molecule has 12 heavy (non-hydrogen) atoms. The van der Waals surface area contributed by atoms with Crippen LogP contribution in [0.15, 0.2) is 40.2 Å². The van der Waals surface area contributed by atoms with Crippen LogP contribution in [-0.2, 0) is 0 Å². The first-order valence-electron chi connectivity index (χ1n) is 3.92. The smallest absolute Gasteiger partial charge is 0.0373 e. The number of hydrogen-bond donors (Lipinski definition) is 0. The van der Waals surface area contributed by atoms with Crippen molar-refractivity contribution in [1.29, 1.82) is 0 Å². The van der Waals surface area contributed by atoms with E-state index < -0.39 is 0 Å². The Morgan fingerprint density at radius 3 is 3.00 bits per heavy atom. The minimum atomic E-state index is 0.641. The minimum Gasteiger partial charge on any atom is -0.126 e. The fraction of sp³-hybridized carbons (Fsp3) is 0.200. The Kier molecular flexibility index (Phi) is 2.57. The number of thioether (sulfide) groups is 1. The molecule has 1 atom stereocenters. The molecule has 0 amide bonds. The van der Waals surface area contributed by atoms with E-state index in [0.29, 0.717) is 5.25 Å². The molecule has 1 aliphatic rings. The van der Waals surface area contributed by atoms with Gasteiger partial charge in [0.2, 0.25) is 0 Å². The molecule has 0 spiro atoms. The molecular weight excluding hydrogens is 232 g/mol. The topological polar surface area (TPSA) is 0 Å². The number of hydrogen-bond acceptors (Lipinski definition) is 1. The normalized spacial score (nSPS) is 21.6. The summed E-state index contributed by atoms with van der Waals surface area (Å²) in [6.45, 7) is 0. The molecule has 0 radical (unpaired) electrons. The van der Waals surface area contributed by atoms with Gasteiger partial charge in [-0.25, -0.2) is 0 Å². The standard InChI is InChI=1S/C10H9BrS/c11-9-4-1-3-8(7-9)10-5-2-6-12-10/h1-4,6-7,10H,5H2. The maximum atomic E-state index is 3.48. The van der Waals surface area contributed by atoms with Crippen LogP contribution in [0.3, 0.4) is 0 Å². The molecule has 0 bridgehead atoms. The summed E-state index contributed by atoms with van der Waals surface area (Å²) in [5, 5.41) is 2.83. The highest BCUT2D eigenvalue weighted by molar-refractivity contribution is 9.10. The van der Waals surface area contributed by atoms with Crippen molar-refractivity contribution in [2.45, 2.75) is 11.7 Å². The molecule has 1 unspecified atom stereocenters.